The summed E-state index contributed by atoms with van der Waals surface area (Å²) in [6, 6.07) is 17.1. The molecule has 0 aromatic heterocycles. The Hall–Kier alpha value is -3.67. The van der Waals surface area contributed by atoms with Gasteiger partial charge in [0.15, 0.2) is 11.5 Å². The van der Waals surface area contributed by atoms with Crippen molar-refractivity contribution in [1.29, 1.82) is 0 Å². The summed E-state index contributed by atoms with van der Waals surface area (Å²) >= 11 is 0. The Morgan fingerprint density at radius 3 is 2.32 bits per heavy atom. The van der Waals surface area contributed by atoms with E-state index in [0.29, 0.717) is 22.6 Å². The van der Waals surface area contributed by atoms with Crippen LogP contribution in [0.25, 0.3) is 11.1 Å². The van der Waals surface area contributed by atoms with Gasteiger partial charge in [0.25, 0.3) is 0 Å². The number of hydrogen-bond acceptors (Lipinski definition) is 4. The highest BCUT2D eigenvalue weighted by Crippen LogP contribution is 2.51. The fraction of sp³-hybridized carbons (Fsp3) is 0.200. The van der Waals surface area contributed by atoms with E-state index < -0.39 is 17.1 Å². The van der Waals surface area contributed by atoms with Gasteiger partial charge >= 0.3 is 0 Å². The molecule has 156 valence electrons. The molecule has 1 saturated carbocycles. The lowest BCUT2D eigenvalue weighted by Gasteiger charge is -2.16. The largest absolute Gasteiger partial charge is 0.454 e. The average molecular weight is 417 g/mol. The van der Waals surface area contributed by atoms with E-state index in [4.69, 9.17) is 15.2 Å². The third-order valence-electron chi connectivity index (χ3n) is 6.11. The van der Waals surface area contributed by atoms with Gasteiger partial charge in [-0.2, -0.15) is 0 Å². The number of amides is 1. The summed E-state index contributed by atoms with van der Waals surface area (Å²) in [5.74, 6) is 0.395. The first-order valence-corrected chi connectivity index (χ1v) is 10.1. The molecule has 0 radical (unpaired) electrons. The van der Waals surface area contributed by atoms with Crippen LogP contribution in [-0.4, -0.2) is 18.5 Å². The minimum absolute atomic E-state index is 0.00743. The Kier molecular flexibility index (Phi) is 4.50. The van der Waals surface area contributed by atoms with Gasteiger partial charge in [-0.15, -0.1) is 0 Å². The molecule has 0 unspecified atom stereocenters. The summed E-state index contributed by atoms with van der Waals surface area (Å²) in [6.45, 7) is 0.179. The van der Waals surface area contributed by atoms with Gasteiger partial charge in [0.05, 0.1) is 5.41 Å². The van der Waals surface area contributed by atoms with Crippen molar-refractivity contribution >= 4 is 11.7 Å². The van der Waals surface area contributed by atoms with Gasteiger partial charge in [-0.25, -0.2) is 4.39 Å². The van der Waals surface area contributed by atoms with Crippen LogP contribution < -0.4 is 15.2 Å². The highest BCUT2D eigenvalue weighted by atomic mass is 19.1. The van der Waals surface area contributed by atoms with Crippen molar-refractivity contribution in [3.05, 3.63) is 83.2 Å². The molecule has 6 heteroatoms. The van der Waals surface area contributed by atoms with Crippen LogP contribution in [0.15, 0.2) is 60.7 Å². The van der Waals surface area contributed by atoms with E-state index in [-0.39, 0.29) is 19.0 Å². The highest BCUT2D eigenvalue weighted by molar-refractivity contribution is 5.95. The summed E-state index contributed by atoms with van der Waals surface area (Å²) < 4.78 is 25.4. The number of carbonyl (C=O) groups excluding carboxylic acids is 2. The lowest BCUT2D eigenvalue weighted by molar-refractivity contribution is -0.120. The number of ether oxygens (including phenoxy) is 2. The zero-order valence-corrected chi connectivity index (χ0v) is 16.7. The van der Waals surface area contributed by atoms with E-state index in [2.05, 4.69) is 0 Å². The number of halogens is 1. The summed E-state index contributed by atoms with van der Waals surface area (Å²) in [5, 5.41) is 0. The standard InChI is InChI=1S/C25H20FNO4/c26-20-7-5-17(15-1-3-16(4-2-15)24(27)29)11-18(20)12-23(28)25(9-10-25)19-6-8-21-22(13-19)31-14-30-21/h1-8,11,13H,9-10,12,14H2,(H2,27,29). The Balaban J connectivity index is 1.40. The van der Waals surface area contributed by atoms with Crippen molar-refractivity contribution in [2.75, 3.05) is 6.79 Å². The third kappa shape index (κ3) is 3.44. The zero-order chi connectivity index (χ0) is 21.6. The summed E-state index contributed by atoms with van der Waals surface area (Å²) in [4.78, 5) is 24.5. The second kappa shape index (κ2) is 7.23. The van der Waals surface area contributed by atoms with Crippen LogP contribution >= 0.6 is 0 Å². The Bertz CT molecular complexity index is 1200. The van der Waals surface area contributed by atoms with Crippen LogP contribution in [0.5, 0.6) is 11.5 Å². The Morgan fingerprint density at radius 1 is 0.903 bits per heavy atom. The summed E-state index contributed by atoms with van der Waals surface area (Å²) in [7, 11) is 0. The molecule has 0 atom stereocenters. The molecule has 0 saturated heterocycles. The number of ketones is 1. The highest BCUT2D eigenvalue weighted by Gasteiger charge is 2.51. The second-order valence-corrected chi connectivity index (χ2v) is 8.00. The van der Waals surface area contributed by atoms with Crippen molar-refractivity contribution < 1.29 is 23.5 Å². The molecule has 3 aromatic carbocycles. The second-order valence-electron chi connectivity index (χ2n) is 8.00. The average Bonchev–Trinajstić information content (AvgIpc) is 3.46. The third-order valence-corrected chi connectivity index (χ3v) is 6.11. The van der Waals surface area contributed by atoms with Gasteiger partial charge in [-0.05, 0) is 71.5 Å². The van der Waals surface area contributed by atoms with Gasteiger partial charge in [0.1, 0.15) is 11.6 Å². The topological polar surface area (TPSA) is 78.6 Å². The molecule has 5 rings (SSSR count). The van der Waals surface area contributed by atoms with Gasteiger partial charge < -0.3 is 15.2 Å². The normalized spacial score (nSPS) is 15.5. The van der Waals surface area contributed by atoms with Crippen LogP contribution in [0.1, 0.15) is 34.3 Å². The van der Waals surface area contributed by atoms with Gasteiger partial charge in [0, 0.05) is 12.0 Å². The molecule has 5 nitrogen and oxygen atoms in total. The van der Waals surface area contributed by atoms with E-state index >= 15 is 0 Å². The molecule has 1 aliphatic heterocycles. The van der Waals surface area contributed by atoms with Crippen LogP contribution in [0.3, 0.4) is 0 Å². The molecular weight excluding hydrogens is 397 g/mol. The molecule has 1 aliphatic carbocycles. The van der Waals surface area contributed by atoms with Crippen molar-refractivity contribution in [3.63, 3.8) is 0 Å². The number of benzene rings is 3. The minimum Gasteiger partial charge on any atom is -0.454 e. The van der Waals surface area contributed by atoms with Crippen LogP contribution in [0.4, 0.5) is 4.39 Å². The molecule has 1 amide bonds. The number of carbonyl (C=O) groups is 2. The lowest BCUT2D eigenvalue weighted by atomic mass is 9.87. The van der Waals surface area contributed by atoms with E-state index in [1.54, 1.807) is 36.4 Å². The first-order valence-electron chi connectivity index (χ1n) is 10.1. The molecule has 3 aromatic rings. The number of rotatable bonds is 6. The maximum absolute atomic E-state index is 14.6. The number of fused-ring (bicyclic) bond motifs is 1. The molecular formula is C25H20FNO4. The fourth-order valence-corrected chi connectivity index (χ4v) is 4.11. The van der Waals surface area contributed by atoms with E-state index in [1.807, 2.05) is 18.2 Å². The van der Waals surface area contributed by atoms with Crippen LogP contribution in [-0.2, 0) is 16.6 Å². The van der Waals surface area contributed by atoms with Gasteiger partial charge in [-0.1, -0.05) is 24.3 Å². The molecule has 2 N–H and O–H groups in total. The Labute approximate surface area is 178 Å². The number of nitrogens with two attached hydrogens (primary N) is 1. The SMILES string of the molecule is NC(=O)c1ccc(-c2ccc(F)c(CC(=O)C3(c4ccc5c(c4)OCO5)CC3)c2)cc1. The van der Waals surface area contributed by atoms with E-state index in [0.717, 1.165) is 29.5 Å². The summed E-state index contributed by atoms with van der Waals surface area (Å²) in [5.41, 5.74) is 7.93. The van der Waals surface area contributed by atoms with Gasteiger partial charge in [-0.3, -0.25) is 9.59 Å². The molecule has 1 fully saturated rings. The molecule has 0 bridgehead atoms. The van der Waals surface area contributed by atoms with Crippen molar-refractivity contribution in [3.8, 4) is 22.6 Å². The quantitative estimate of drug-likeness (QED) is 0.653. The first-order chi connectivity index (χ1) is 15.0. The number of Topliss-reactive ketones (excluding diaryl/α,β-unsaturated/α-hetero) is 1. The monoisotopic (exact) mass is 417 g/mol. The van der Waals surface area contributed by atoms with Crippen LogP contribution in [0, 0.1) is 5.82 Å². The molecule has 1 heterocycles. The first kappa shape index (κ1) is 19.3. The maximum Gasteiger partial charge on any atom is 0.248 e. The zero-order valence-electron chi connectivity index (χ0n) is 16.7. The maximum atomic E-state index is 14.6. The number of hydrogen-bond donors (Lipinski definition) is 1. The predicted octanol–water partition coefficient (Wildman–Crippen LogP) is 4.16. The van der Waals surface area contributed by atoms with E-state index in [9.17, 15) is 14.0 Å². The Morgan fingerprint density at radius 2 is 1.61 bits per heavy atom. The lowest BCUT2D eigenvalue weighted by Crippen LogP contribution is -2.23. The molecule has 0 spiro atoms. The van der Waals surface area contributed by atoms with Crippen molar-refractivity contribution in [2.45, 2.75) is 24.7 Å². The fourth-order valence-electron chi connectivity index (χ4n) is 4.11. The van der Waals surface area contributed by atoms with Crippen LogP contribution in [0.2, 0.25) is 0 Å². The summed E-state index contributed by atoms with van der Waals surface area (Å²) in [6.07, 6.45) is 1.48. The van der Waals surface area contributed by atoms with Crippen molar-refractivity contribution in [1.82, 2.24) is 0 Å². The smallest absolute Gasteiger partial charge is 0.248 e. The predicted molar refractivity (Wildman–Crippen MR) is 113 cm³/mol. The van der Waals surface area contributed by atoms with Crippen molar-refractivity contribution in [2.24, 2.45) is 5.73 Å². The van der Waals surface area contributed by atoms with E-state index in [1.165, 1.54) is 6.07 Å². The van der Waals surface area contributed by atoms with Gasteiger partial charge in [0.2, 0.25) is 12.7 Å². The molecule has 31 heavy (non-hydrogen) atoms. The minimum atomic E-state index is -0.591. The molecule has 2 aliphatic rings. The number of primary amides is 1.